The summed E-state index contributed by atoms with van der Waals surface area (Å²) in [7, 11) is 0. The SMILES string of the molecule is CC1(C)c2cc3c(cc2C2C=c4nc(-c5cccc(C#N)c5)n(-c5ccccc5)c4=CC21)nc(C1=CCCC(C#N)=C1)n3-c1ccccc1. The number of benzene rings is 4. The Bertz CT molecular complexity index is 2600. The van der Waals surface area contributed by atoms with Crippen LogP contribution < -0.4 is 10.7 Å². The van der Waals surface area contributed by atoms with Gasteiger partial charge in [0.15, 0.2) is 0 Å². The summed E-state index contributed by atoms with van der Waals surface area (Å²) in [4.78, 5) is 10.5. The summed E-state index contributed by atoms with van der Waals surface area (Å²) in [5.41, 5.74) is 9.80. The van der Waals surface area contributed by atoms with Crippen molar-refractivity contribution in [1.82, 2.24) is 19.1 Å². The van der Waals surface area contributed by atoms with Crippen LogP contribution in [0, 0.1) is 28.6 Å². The van der Waals surface area contributed by atoms with Crippen molar-refractivity contribution in [2.24, 2.45) is 5.92 Å². The molecule has 0 amide bonds. The quantitative estimate of drug-likeness (QED) is 0.200. The molecule has 0 bridgehead atoms. The molecule has 9 rings (SSSR count). The highest BCUT2D eigenvalue weighted by molar-refractivity contribution is 5.87. The molecule has 0 aliphatic heterocycles. The van der Waals surface area contributed by atoms with Gasteiger partial charge in [-0.3, -0.25) is 9.13 Å². The first kappa shape index (κ1) is 28.9. The monoisotopic (exact) mass is 632 g/mol. The van der Waals surface area contributed by atoms with E-state index in [1.807, 2.05) is 42.5 Å². The van der Waals surface area contributed by atoms with E-state index < -0.39 is 0 Å². The summed E-state index contributed by atoms with van der Waals surface area (Å²) in [5.74, 6) is 2.01. The second kappa shape index (κ2) is 10.9. The number of hydrogen-bond acceptors (Lipinski definition) is 4. The predicted molar refractivity (Wildman–Crippen MR) is 193 cm³/mol. The molecule has 0 spiro atoms. The van der Waals surface area contributed by atoms with Gasteiger partial charge in [-0.1, -0.05) is 74.5 Å². The molecule has 2 heterocycles. The number of nitrogens with zero attached hydrogens (tertiary/aromatic N) is 6. The van der Waals surface area contributed by atoms with Gasteiger partial charge in [0, 0.05) is 34.0 Å². The minimum absolute atomic E-state index is 0.128. The number of fused-ring (bicyclic) bond motifs is 5. The molecule has 0 N–H and O–H groups in total. The Labute approximate surface area is 284 Å². The summed E-state index contributed by atoms with van der Waals surface area (Å²) in [6, 6.07) is 37.8. The van der Waals surface area contributed by atoms with Crippen molar-refractivity contribution in [1.29, 1.82) is 10.5 Å². The Balaban J connectivity index is 1.27. The fourth-order valence-electron chi connectivity index (χ4n) is 8.11. The molecule has 6 nitrogen and oxygen atoms in total. The second-order valence-electron chi connectivity index (χ2n) is 13.7. The minimum Gasteiger partial charge on any atom is -0.293 e. The highest BCUT2D eigenvalue weighted by atomic mass is 15.1. The molecule has 0 fully saturated rings. The Hall–Kier alpha value is -6.24. The maximum absolute atomic E-state index is 9.70. The van der Waals surface area contributed by atoms with Crippen LogP contribution in [0.5, 0.6) is 0 Å². The third-order valence-electron chi connectivity index (χ3n) is 10.5. The third-order valence-corrected chi connectivity index (χ3v) is 10.5. The summed E-state index contributed by atoms with van der Waals surface area (Å²) in [5, 5.41) is 21.4. The van der Waals surface area contributed by atoms with Crippen molar-refractivity contribution in [2.75, 3.05) is 0 Å². The number of imidazole rings is 2. The lowest BCUT2D eigenvalue weighted by molar-refractivity contribution is 0.421. The number of para-hydroxylation sites is 2. The van der Waals surface area contributed by atoms with E-state index in [2.05, 4.69) is 114 Å². The second-order valence-corrected chi connectivity index (χ2v) is 13.7. The van der Waals surface area contributed by atoms with Crippen LogP contribution in [0.25, 0.3) is 51.5 Å². The van der Waals surface area contributed by atoms with E-state index in [0.29, 0.717) is 5.56 Å². The Morgan fingerprint density at radius 3 is 2.27 bits per heavy atom. The number of nitriles is 2. The summed E-state index contributed by atoms with van der Waals surface area (Å²) in [6.07, 6.45) is 10.6. The molecule has 2 aromatic heterocycles. The van der Waals surface area contributed by atoms with Crippen molar-refractivity contribution in [3.8, 4) is 34.9 Å². The van der Waals surface area contributed by atoms with E-state index in [9.17, 15) is 10.5 Å². The minimum atomic E-state index is -0.182. The van der Waals surface area contributed by atoms with Crippen molar-refractivity contribution in [3.63, 3.8) is 0 Å². The molecular formula is C43H32N6. The zero-order valence-electron chi connectivity index (χ0n) is 27.3. The molecule has 234 valence electrons. The first-order chi connectivity index (χ1) is 23.9. The summed E-state index contributed by atoms with van der Waals surface area (Å²) >= 11 is 0. The van der Waals surface area contributed by atoms with Crippen LogP contribution in [0.2, 0.25) is 0 Å². The number of aromatic nitrogens is 4. The highest BCUT2D eigenvalue weighted by Gasteiger charge is 2.46. The van der Waals surface area contributed by atoms with Crippen molar-refractivity contribution in [2.45, 2.75) is 38.0 Å². The standard InChI is InChI=1S/C43H32N6/c1-43(2)35-23-39-37(46-41(29-13-9-11-27(19-29)25-44)48(39)31-15-5-3-6-16-31)21-33(35)34-22-38-40(24-36(34)43)49(32-17-7-4-8-18-32)42(47-38)30-14-10-12-28(20-30)26-45/h3-9,11,13-24,33,35H,10,12H2,1-2H3. The maximum Gasteiger partial charge on any atom is 0.145 e. The van der Waals surface area contributed by atoms with Crippen LogP contribution in [0.1, 0.15) is 55.1 Å². The smallest absolute Gasteiger partial charge is 0.145 e. The largest absolute Gasteiger partial charge is 0.293 e. The van der Waals surface area contributed by atoms with Crippen molar-refractivity contribution < 1.29 is 0 Å². The van der Waals surface area contributed by atoms with Gasteiger partial charge in [-0.2, -0.15) is 10.5 Å². The van der Waals surface area contributed by atoms with Gasteiger partial charge >= 0.3 is 0 Å². The van der Waals surface area contributed by atoms with Crippen molar-refractivity contribution >= 4 is 28.8 Å². The lowest BCUT2D eigenvalue weighted by Crippen LogP contribution is -2.38. The highest BCUT2D eigenvalue weighted by Crippen LogP contribution is 2.53. The molecule has 2 atom stereocenters. The van der Waals surface area contributed by atoms with Gasteiger partial charge in [-0.15, -0.1) is 0 Å². The molecule has 3 aliphatic rings. The van der Waals surface area contributed by atoms with Gasteiger partial charge in [0.2, 0.25) is 0 Å². The van der Waals surface area contributed by atoms with Crippen LogP contribution in [0.15, 0.2) is 115 Å². The zero-order chi connectivity index (χ0) is 33.3. The average Bonchev–Trinajstić information content (AvgIpc) is 3.78. The Morgan fingerprint density at radius 1 is 0.776 bits per heavy atom. The molecule has 0 saturated heterocycles. The number of hydrogen-bond donors (Lipinski definition) is 0. The van der Waals surface area contributed by atoms with Gasteiger partial charge in [-0.25, -0.2) is 9.97 Å². The van der Waals surface area contributed by atoms with Crippen LogP contribution in [0.3, 0.4) is 0 Å². The predicted octanol–water partition coefficient (Wildman–Crippen LogP) is 7.64. The van der Waals surface area contributed by atoms with E-state index in [0.717, 1.165) is 74.3 Å². The molecule has 49 heavy (non-hydrogen) atoms. The lowest BCUT2D eigenvalue weighted by atomic mass is 9.74. The molecule has 4 aromatic carbocycles. The van der Waals surface area contributed by atoms with E-state index in [4.69, 9.17) is 9.97 Å². The van der Waals surface area contributed by atoms with Gasteiger partial charge in [0.25, 0.3) is 0 Å². The maximum atomic E-state index is 9.70. The molecule has 0 saturated carbocycles. The van der Waals surface area contributed by atoms with E-state index in [1.165, 1.54) is 11.1 Å². The van der Waals surface area contributed by atoms with Crippen LogP contribution >= 0.6 is 0 Å². The zero-order valence-corrected chi connectivity index (χ0v) is 27.3. The van der Waals surface area contributed by atoms with Crippen molar-refractivity contribution in [3.05, 3.63) is 148 Å². The van der Waals surface area contributed by atoms with E-state index >= 15 is 0 Å². The van der Waals surface area contributed by atoms with Crippen LogP contribution in [-0.2, 0) is 5.41 Å². The number of rotatable bonds is 4. The van der Waals surface area contributed by atoms with Gasteiger partial charge in [0.05, 0.1) is 39.4 Å². The van der Waals surface area contributed by atoms with E-state index in [1.54, 1.807) is 0 Å². The van der Waals surface area contributed by atoms with Gasteiger partial charge in [0.1, 0.15) is 11.6 Å². The van der Waals surface area contributed by atoms with E-state index in [-0.39, 0.29) is 17.3 Å². The number of allylic oxidation sites excluding steroid dienone is 4. The Kier molecular flexibility index (Phi) is 6.44. The average molecular weight is 633 g/mol. The normalized spacial score (nSPS) is 18.5. The fourth-order valence-corrected chi connectivity index (χ4v) is 8.11. The van der Waals surface area contributed by atoms with Crippen LogP contribution in [-0.4, -0.2) is 19.1 Å². The fraction of sp³-hybridized carbons (Fsp3) is 0.163. The molecule has 0 radical (unpaired) electrons. The first-order valence-corrected chi connectivity index (χ1v) is 16.8. The molecule has 2 unspecified atom stereocenters. The topological polar surface area (TPSA) is 83.2 Å². The molecular weight excluding hydrogens is 601 g/mol. The first-order valence-electron chi connectivity index (χ1n) is 16.8. The third kappa shape index (κ3) is 4.45. The molecule has 3 aliphatic carbocycles. The summed E-state index contributed by atoms with van der Waals surface area (Å²) < 4.78 is 4.50. The molecule has 6 heteroatoms. The summed E-state index contributed by atoms with van der Waals surface area (Å²) in [6.45, 7) is 4.71. The Morgan fingerprint density at radius 2 is 1.53 bits per heavy atom. The molecule has 6 aromatic rings. The van der Waals surface area contributed by atoms with Gasteiger partial charge in [-0.05, 0) is 96.0 Å². The van der Waals surface area contributed by atoms with Crippen LogP contribution in [0.4, 0.5) is 0 Å². The lowest BCUT2D eigenvalue weighted by Gasteiger charge is -2.29. The van der Waals surface area contributed by atoms with Gasteiger partial charge < -0.3 is 0 Å².